The number of thiophene rings is 2. The SMILES string of the molecule is COc1ncnc2cc(-c3ccsc3)sc12. The number of methoxy groups -OCH3 is 1. The van der Waals surface area contributed by atoms with E-state index in [0.29, 0.717) is 5.88 Å². The zero-order valence-corrected chi connectivity index (χ0v) is 10.1. The molecule has 3 nitrogen and oxygen atoms in total. The molecule has 0 unspecified atom stereocenters. The van der Waals surface area contributed by atoms with Crippen LogP contribution in [-0.4, -0.2) is 17.1 Å². The van der Waals surface area contributed by atoms with E-state index in [1.54, 1.807) is 29.8 Å². The number of aromatic nitrogens is 2. The molecule has 0 aliphatic rings. The third-order valence-corrected chi connectivity index (χ3v) is 4.12. The van der Waals surface area contributed by atoms with Gasteiger partial charge < -0.3 is 4.74 Å². The van der Waals surface area contributed by atoms with Gasteiger partial charge in [0.25, 0.3) is 0 Å². The third kappa shape index (κ3) is 1.48. The van der Waals surface area contributed by atoms with Crippen molar-refractivity contribution >= 4 is 32.9 Å². The maximum absolute atomic E-state index is 5.22. The van der Waals surface area contributed by atoms with Crippen LogP contribution < -0.4 is 4.74 Å². The summed E-state index contributed by atoms with van der Waals surface area (Å²) in [7, 11) is 1.63. The van der Waals surface area contributed by atoms with Crippen LogP contribution in [0.2, 0.25) is 0 Å². The minimum Gasteiger partial charge on any atom is -0.480 e. The molecule has 3 heterocycles. The quantitative estimate of drug-likeness (QED) is 0.697. The van der Waals surface area contributed by atoms with E-state index in [1.807, 2.05) is 0 Å². The molecule has 0 aromatic carbocycles. The van der Waals surface area contributed by atoms with Crippen LogP contribution in [0.25, 0.3) is 20.7 Å². The lowest BCUT2D eigenvalue weighted by atomic mass is 10.3. The minimum atomic E-state index is 0.650. The molecule has 0 amide bonds. The van der Waals surface area contributed by atoms with Crippen molar-refractivity contribution in [3.63, 3.8) is 0 Å². The molecule has 0 aliphatic heterocycles. The molecule has 0 radical (unpaired) electrons. The van der Waals surface area contributed by atoms with Crippen LogP contribution in [-0.2, 0) is 0 Å². The Morgan fingerprint density at radius 1 is 1.31 bits per heavy atom. The van der Waals surface area contributed by atoms with Crippen LogP contribution in [0, 0.1) is 0 Å². The second-order valence-electron chi connectivity index (χ2n) is 3.22. The summed E-state index contributed by atoms with van der Waals surface area (Å²) in [5.74, 6) is 0.650. The third-order valence-electron chi connectivity index (χ3n) is 2.28. The van der Waals surface area contributed by atoms with Crippen molar-refractivity contribution in [2.45, 2.75) is 0 Å². The second kappa shape index (κ2) is 3.84. The highest BCUT2D eigenvalue weighted by molar-refractivity contribution is 7.22. The number of ether oxygens (including phenoxy) is 1. The molecular weight excluding hydrogens is 240 g/mol. The lowest BCUT2D eigenvalue weighted by molar-refractivity contribution is 0.403. The monoisotopic (exact) mass is 248 g/mol. The van der Waals surface area contributed by atoms with Gasteiger partial charge in [-0.1, -0.05) is 0 Å². The van der Waals surface area contributed by atoms with Crippen LogP contribution >= 0.6 is 22.7 Å². The smallest absolute Gasteiger partial charge is 0.234 e. The number of hydrogen-bond donors (Lipinski definition) is 0. The molecule has 0 bridgehead atoms. The molecule has 0 saturated carbocycles. The molecule has 3 aromatic rings. The Labute approximate surface area is 100 Å². The van der Waals surface area contributed by atoms with Gasteiger partial charge in [-0.3, -0.25) is 0 Å². The molecule has 0 spiro atoms. The first kappa shape index (κ1) is 9.74. The Hall–Kier alpha value is -1.46. The van der Waals surface area contributed by atoms with Gasteiger partial charge >= 0.3 is 0 Å². The van der Waals surface area contributed by atoms with E-state index in [9.17, 15) is 0 Å². The summed E-state index contributed by atoms with van der Waals surface area (Å²) in [5.41, 5.74) is 2.17. The molecule has 0 atom stereocenters. The molecule has 3 rings (SSSR count). The first-order chi connectivity index (χ1) is 7.88. The Kier molecular flexibility index (Phi) is 2.34. The van der Waals surface area contributed by atoms with Gasteiger partial charge in [-0.25, -0.2) is 9.97 Å². The molecule has 0 fully saturated rings. The highest BCUT2D eigenvalue weighted by Gasteiger charge is 2.10. The van der Waals surface area contributed by atoms with Gasteiger partial charge in [0.2, 0.25) is 5.88 Å². The van der Waals surface area contributed by atoms with Gasteiger partial charge in [-0.05, 0) is 22.9 Å². The van der Waals surface area contributed by atoms with Gasteiger partial charge in [0.15, 0.2) is 0 Å². The fourth-order valence-corrected chi connectivity index (χ4v) is 3.33. The summed E-state index contributed by atoms with van der Waals surface area (Å²) in [6.07, 6.45) is 1.53. The van der Waals surface area contributed by atoms with Gasteiger partial charge in [0.1, 0.15) is 11.0 Å². The topological polar surface area (TPSA) is 35.0 Å². The second-order valence-corrected chi connectivity index (χ2v) is 5.05. The molecule has 0 N–H and O–H groups in total. The summed E-state index contributed by atoms with van der Waals surface area (Å²) >= 11 is 3.36. The average Bonchev–Trinajstić information content (AvgIpc) is 2.96. The Balaban J connectivity index is 2.23. The molecule has 0 aliphatic carbocycles. The molecular formula is C11H8N2OS2. The fraction of sp³-hybridized carbons (Fsp3) is 0.0909. The normalized spacial score (nSPS) is 10.8. The standard InChI is InChI=1S/C11H8N2OS2/c1-14-11-10-8(12-6-13-11)4-9(16-10)7-2-3-15-5-7/h2-6H,1H3. The van der Waals surface area contributed by atoms with Crippen LogP contribution in [0.3, 0.4) is 0 Å². The van der Waals surface area contributed by atoms with Gasteiger partial charge in [-0.2, -0.15) is 11.3 Å². The van der Waals surface area contributed by atoms with E-state index in [1.165, 1.54) is 16.8 Å². The zero-order valence-electron chi connectivity index (χ0n) is 8.51. The predicted molar refractivity (Wildman–Crippen MR) is 67.3 cm³/mol. The van der Waals surface area contributed by atoms with Gasteiger partial charge in [0, 0.05) is 10.4 Å². The molecule has 80 valence electrons. The van der Waals surface area contributed by atoms with Crippen molar-refractivity contribution < 1.29 is 4.74 Å². The summed E-state index contributed by atoms with van der Waals surface area (Å²) < 4.78 is 6.23. The summed E-state index contributed by atoms with van der Waals surface area (Å²) in [5, 5.41) is 4.20. The highest BCUT2D eigenvalue weighted by atomic mass is 32.1. The largest absolute Gasteiger partial charge is 0.480 e. The molecule has 3 aromatic heterocycles. The van der Waals surface area contributed by atoms with E-state index in [2.05, 4.69) is 32.9 Å². The average molecular weight is 248 g/mol. The molecule has 16 heavy (non-hydrogen) atoms. The summed E-state index contributed by atoms with van der Waals surface area (Å²) in [6.45, 7) is 0. The first-order valence-electron chi connectivity index (χ1n) is 4.69. The Morgan fingerprint density at radius 2 is 2.25 bits per heavy atom. The molecule has 0 saturated heterocycles. The number of hydrogen-bond acceptors (Lipinski definition) is 5. The lowest BCUT2D eigenvalue weighted by Gasteiger charge is -1.96. The summed E-state index contributed by atoms with van der Waals surface area (Å²) in [6, 6.07) is 4.18. The number of nitrogens with zero attached hydrogens (tertiary/aromatic N) is 2. The minimum absolute atomic E-state index is 0.650. The summed E-state index contributed by atoms with van der Waals surface area (Å²) in [4.78, 5) is 9.55. The first-order valence-corrected chi connectivity index (χ1v) is 6.45. The fourth-order valence-electron chi connectivity index (χ4n) is 1.52. The van der Waals surface area contributed by atoms with E-state index >= 15 is 0 Å². The van der Waals surface area contributed by atoms with Crippen LogP contribution in [0.1, 0.15) is 0 Å². The van der Waals surface area contributed by atoms with Crippen LogP contribution in [0.5, 0.6) is 5.88 Å². The lowest BCUT2D eigenvalue weighted by Crippen LogP contribution is -1.87. The van der Waals surface area contributed by atoms with Crippen molar-refractivity contribution in [2.24, 2.45) is 0 Å². The Morgan fingerprint density at radius 3 is 3.00 bits per heavy atom. The number of rotatable bonds is 2. The van der Waals surface area contributed by atoms with Gasteiger partial charge in [-0.15, -0.1) is 11.3 Å². The van der Waals surface area contributed by atoms with E-state index in [0.717, 1.165) is 10.2 Å². The van der Waals surface area contributed by atoms with Gasteiger partial charge in [0.05, 0.1) is 12.6 Å². The van der Waals surface area contributed by atoms with Crippen molar-refractivity contribution in [1.82, 2.24) is 9.97 Å². The van der Waals surface area contributed by atoms with Crippen molar-refractivity contribution in [1.29, 1.82) is 0 Å². The van der Waals surface area contributed by atoms with Crippen molar-refractivity contribution in [3.8, 4) is 16.3 Å². The highest BCUT2D eigenvalue weighted by Crippen LogP contribution is 2.36. The van der Waals surface area contributed by atoms with Crippen molar-refractivity contribution in [2.75, 3.05) is 7.11 Å². The van der Waals surface area contributed by atoms with E-state index in [4.69, 9.17) is 4.74 Å². The predicted octanol–water partition coefficient (Wildman–Crippen LogP) is 3.43. The zero-order chi connectivity index (χ0) is 11.0. The van der Waals surface area contributed by atoms with E-state index < -0.39 is 0 Å². The van der Waals surface area contributed by atoms with Crippen LogP contribution in [0.15, 0.2) is 29.2 Å². The Bertz CT molecular complexity index is 616. The van der Waals surface area contributed by atoms with Crippen LogP contribution in [0.4, 0.5) is 0 Å². The van der Waals surface area contributed by atoms with Crippen molar-refractivity contribution in [3.05, 3.63) is 29.2 Å². The maximum Gasteiger partial charge on any atom is 0.234 e. The molecule has 5 heteroatoms. The number of fused-ring (bicyclic) bond motifs is 1. The van der Waals surface area contributed by atoms with E-state index in [-0.39, 0.29) is 0 Å². The maximum atomic E-state index is 5.22.